The molecule has 98 valence electrons. The average molecular weight is 269 g/mol. The van der Waals surface area contributed by atoms with Crippen molar-refractivity contribution in [3.8, 4) is 0 Å². The summed E-state index contributed by atoms with van der Waals surface area (Å²) in [5, 5.41) is 3.92. The van der Waals surface area contributed by atoms with Crippen molar-refractivity contribution in [2.75, 3.05) is 19.8 Å². The van der Waals surface area contributed by atoms with Gasteiger partial charge in [0, 0.05) is 29.1 Å². The van der Waals surface area contributed by atoms with Crippen LogP contribution in [0.25, 0.3) is 0 Å². The number of hydrogen-bond acceptors (Lipinski definition) is 3. The second-order valence-corrected chi connectivity index (χ2v) is 5.48. The number of rotatable bonds is 5. The molecule has 0 bridgehead atoms. The number of ether oxygens (including phenoxy) is 1. The van der Waals surface area contributed by atoms with Crippen LogP contribution in [-0.2, 0) is 11.3 Å². The molecule has 0 aliphatic carbocycles. The summed E-state index contributed by atoms with van der Waals surface area (Å²) in [6.07, 6.45) is 0. The number of nitrogens with one attached hydrogen (secondary N) is 1. The Morgan fingerprint density at radius 2 is 2.28 bits per heavy atom. The molecule has 1 aliphatic rings. The van der Waals surface area contributed by atoms with E-state index >= 15 is 0 Å². The third-order valence-corrected chi connectivity index (χ3v) is 3.46. The Morgan fingerprint density at radius 1 is 1.56 bits per heavy atom. The van der Waals surface area contributed by atoms with E-state index in [1.807, 2.05) is 6.07 Å². The highest BCUT2D eigenvalue weighted by atomic mass is 35.5. The van der Waals surface area contributed by atoms with Crippen LogP contribution in [-0.4, -0.2) is 25.7 Å². The first-order valence-electron chi connectivity index (χ1n) is 5.87. The zero-order valence-electron chi connectivity index (χ0n) is 10.3. The molecule has 1 aromatic carbocycles. The first-order chi connectivity index (χ1) is 8.50. The normalized spacial score (nSPS) is 17.2. The maximum absolute atomic E-state index is 11.0. The zero-order chi connectivity index (χ0) is 13.2. The monoisotopic (exact) mass is 268 g/mol. The molecule has 1 fully saturated rings. The fraction of sp³-hybridized carbons (Fsp3) is 0.462. The van der Waals surface area contributed by atoms with Crippen molar-refractivity contribution in [3.63, 3.8) is 0 Å². The lowest BCUT2D eigenvalue weighted by Crippen LogP contribution is -2.47. The molecule has 1 heterocycles. The molecular weight excluding hydrogens is 252 g/mol. The molecule has 1 aromatic rings. The molecule has 2 rings (SSSR count). The van der Waals surface area contributed by atoms with Gasteiger partial charge in [0.1, 0.15) is 0 Å². The molecule has 0 atom stereocenters. The van der Waals surface area contributed by atoms with Gasteiger partial charge in [0.15, 0.2) is 0 Å². The fourth-order valence-electron chi connectivity index (χ4n) is 1.90. The summed E-state index contributed by atoms with van der Waals surface area (Å²) in [5.41, 5.74) is 6.82. The summed E-state index contributed by atoms with van der Waals surface area (Å²) < 4.78 is 5.19. The first-order valence-corrected chi connectivity index (χ1v) is 6.25. The Labute approximate surface area is 111 Å². The van der Waals surface area contributed by atoms with E-state index in [2.05, 4.69) is 12.2 Å². The van der Waals surface area contributed by atoms with E-state index in [0.29, 0.717) is 17.1 Å². The number of carbonyl (C=O) groups excluding carboxylic acids is 1. The lowest BCUT2D eigenvalue weighted by molar-refractivity contribution is -0.0991. The summed E-state index contributed by atoms with van der Waals surface area (Å²) >= 11 is 6.10. The molecule has 5 heteroatoms. The van der Waals surface area contributed by atoms with E-state index in [1.165, 1.54) is 0 Å². The molecule has 1 amide bonds. The van der Waals surface area contributed by atoms with Gasteiger partial charge in [0.05, 0.1) is 13.2 Å². The van der Waals surface area contributed by atoms with Crippen molar-refractivity contribution in [2.45, 2.75) is 13.5 Å². The lowest BCUT2D eigenvalue weighted by atomic mass is 9.89. The van der Waals surface area contributed by atoms with Gasteiger partial charge in [-0.1, -0.05) is 24.6 Å². The topological polar surface area (TPSA) is 64.3 Å². The van der Waals surface area contributed by atoms with Crippen molar-refractivity contribution in [1.29, 1.82) is 0 Å². The van der Waals surface area contributed by atoms with E-state index in [0.717, 1.165) is 25.3 Å². The second kappa shape index (κ2) is 5.26. The Kier molecular flexibility index (Phi) is 3.90. The standard InChI is InChI=1S/C13H17ClN2O2/c1-13(7-18-8-13)6-16-5-10-3-2-9(12(15)17)4-11(10)14/h2-4,16H,5-8H2,1H3,(H2,15,17). The second-order valence-electron chi connectivity index (χ2n) is 5.08. The molecule has 4 nitrogen and oxygen atoms in total. The summed E-state index contributed by atoms with van der Waals surface area (Å²) in [6, 6.07) is 5.13. The maximum atomic E-state index is 11.0. The number of halogens is 1. The van der Waals surface area contributed by atoms with Gasteiger partial charge in [-0.05, 0) is 17.7 Å². The minimum Gasteiger partial charge on any atom is -0.380 e. The van der Waals surface area contributed by atoms with Crippen LogP contribution in [0.2, 0.25) is 5.02 Å². The van der Waals surface area contributed by atoms with Gasteiger partial charge in [0.25, 0.3) is 0 Å². The summed E-state index contributed by atoms with van der Waals surface area (Å²) in [4.78, 5) is 11.0. The highest BCUT2D eigenvalue weighted by Crippen LogP contribution is 2.25. The molecule has 3 N–H and O–H groups in total. The van der Waals surface area contributed by atoms with E-state index < -0.39 is 5.91 Å². The van der Waals surface area contributed by atoms with Crippen LogP contribution in [0.4, 0.5) is 0 Å². The number of nitrogens with two attached hydrogens (primary N) is 1. The van der Waals surface area contributed by atoms with Crippen LogP contribution in [0.15, 0.2) is 18.2 Å². The molecule has 0 radical (unpaired) electrons. The minimum absolute atomic E-state index is 0.236. The number of carbonyl (C=O) groups is 1. The predicted octanol–water partition coefficient (Wildman–Crippen LogP) is 1.56. The number of hydrogen-bond donors (Lipinski definition) is 2. The van der Waals surface area contributed by atoms with E-state index in [1.54, 1.807) is 12.1 Å². The average Bonchev–Trinajstić information content (AvgIpc) is 2.28. The van der Waals surface area contributed by atoms with Gasteiger partial charge in [-0.2, -0.15) is 0 Å². The maximum Gasteiger partial charge on any atom is 0.248 e. The largest absolute Gasteiger partial charge is 0.380 e. The zero-order valence-corrected chi connectivity index (χ0v) is 11.1. The smallest absolute Gasteiger partial charge is 0.248 e. The highest BCUT2D eigenvalue weighted by Gasteiger charge is 2.32. The van der Waals surface area contributed by atoms with Gasteiger partial charge in [-0.25, -0.2) is 0 Å². The first kappa shape index (κ1) is 13.3. The molecule has 18 heavy (non-hydrogen) atoms. The van der Waals surface area contributed by atoms with Crippen molar-refractivity contribution in [1.82, 2.24) is 5.32 Å². The van der Waals surface area contributed by atoms with E-state index in [9.17, 15) is 4.79 Å². The Bertz CT molecular complexity index is 458. The Morgan fingerprint density at radius 3 is 2.78 bits per heavy atom. The molecule has 0 spiro atoms. The van der Waals surface area contributed by atoms with Crippen LogP contribution in [0.3, 0.4) is 0 Å². The Balaban J connectivity index is 1.91. The summed E-state index contributed by atoms with van der Waals surface area (Å²) in [6.45, 7) is 5.35. The third-order valence-electron chi connectivity index (χ3n) is 3.11. The highest BCUT2D eigenvalue weighted by molar-refractivity contribution is 6.31. The SMILES string of the molecule is CC1(CNCc2ccc(C(N)=O)cc2Cl)COC1. The van der Waals surface area contributed by atoms with Gasteiger partial charge in [-0.15, -0.1) is 0 Å². The van der Waals surface area contributed by atoms with Crippen LogP contribution < -0.4 is 11.1 Å². The molecule has 1 saturated heterocycles. The van der Waals surface area contributed by atoms with Crippen LogP contribution in [0.1, 0.15) is 22.8 Å². The van der Waals surface area contributed by atoms with Crippen molar-refractivity contribution < 1.29 is 9.53 Å². The van der Waals surface area contributed by atoms with Crippen molar-refractivity contribution in [2.24, 2.45) is 11.1 Å². The fourth-order valence-corrected chi connectivity index (χ4v) is 2.14. The van der Waals surface area contributed by atoms with Crippen LogP contribution in [0, 0.1) is 5.41 Å². The molecule has 0 saturated carbocycles. The minimum atomic E-state index is -0.462. The molecule has 1 aliphatic heterocycles. The van der Waals surface area contributed by atoms with Crippen molar-refractivity contribution >= 4 is 17.5 Å². The molecule has 0 unspecified atom stereocenters. The van der Waals surface area contributed by atoms with E-state index in [-0.39, 0.29) is 5.41 Å². The third kappa shape index (κ3) is 3.02. The lowest BCUT2D eigenvalue weighted by Gasteiger charge is -2.38. The van der Waals surface area contributed by atoms with Crippen molar-refractivity contribution in [3.05, 3.63) is 34.3 Å². The Hall–Kier alpha value is -1.10. The van der Waals surface area contributed by atoms with Crippen LogP contribution in [0.5, 0.6) is 0 Å². The van der Waals surface area contributed by atoms with Gasteiger partial charge >= 0.3 is 0 Å². The summed E-state index contributed by atoms with van der Waals surface area (Å²) in [5.74, 6) is -0.462. The molecular formula is C13H17ClN2O2. The molecule has 0 aromatic heterocycles. The number of amides is 1. The number of benzene rings is 1. The number of primary amides is 1. The quantitative estimate of drug-likeness (QED) is 0.852. The van der Waals surface area contributed by atoms with Crippen LogP contribution >= 0.6 is 11.6 Å². The predicted molar refractivity (Wildman–Crippen MR) is 70.6 cm³/mol. The van der Waals surface area contributed by atoms with Gasteiger partial charge in [0.2, 0.25) is 5.91 Å². The van der Waals surface area contributed by atoms with Gasteiger partial charge in [-0.3, -0.25) is 4.79 Å². The van der Waals surface area contributed by atoms with E-state index in [4.69, 9.17) is 22.1 Å². The van der Waals surface area contributed by atoms with Gasteiger partial charge < -0.3 is 15.8 Å². The summed E-state index contributed by atoms with van der Waals surface area (Å²) in [7, 11) is 0.